The molecule has 0 amide bonds. The first-order valence-electron chi connectivity index (χ1n) is 7.24. The Hall–Kier alpha value is -2.09. The van der Waals surface area contributed by atoms with Gasteiger partial charge in [0.15, 0.2) is 0 Å². The largest absolute Gasteiger partial charge is 0.355 e. The van der Waals surface area contributed by atoms with Gasteiger partial charge in [0.25, 0.3) is 0 Å². The first-order chi connectivity index (χ1) is 9.86. The van der Waals surface area contributed by atoms with E-state index in [0.29, 0.717) is 5.96 Å². The van der Waals surface area contributed by atoms with E-state index in [4.69, 9.17) is 5.26 Å². The van der Waals surface area contributed by atoms with Crippen molar-refractivity contribution < 1.29 is 0 Å². The van der Waals surface area contributed by atoms with E-state index in [0.717, 1.165) is 18.7 Å². The summed E-state index contributed by atoms with van der Waals surface area (Å²) in [6.45, 7) is 3.04. The van der Waals surface area contributed by atoms with Crippen LogP contribution in [0.25, 0.3) is 0 Å². The maximum Gasteiger partial charge on any atom is 0.211 e. The minimum atomic E-state index is 0.493. The second-order valence-electron chi connectivity index (χ2n) is 4.62. The molecule has 108 valence electrons. The molecule has 0 aromatic carbocycles. The summed E-state index contributed by atoms with van der Waals surface area (Å²) >= 11 is 0. The third kappa shape index (κ3) is 7.37. The normalized spacial score (nSPS) is 10.9. The van der Waals surface area contributed by atoms with Crippen LogP contribution in [0.4, 0.5) is 5.69 Å². The Labute approximate surface area is 121 Å². The topological polar surface area (TPSA) is 73.1 Å². The van der Waals surface area contributed by atoms with Gasteiger partial charge in [0, 0.05) is 24.6 Å². The summed E-state index contributed by atoms with van der Waals surface area (Å²) < 4.78 is 0. The number of pyridine rings is 1. The summed E-state index contributed by atoms with van der Waals surface area (Å²) in [4.78, 5) is 7.69. The molecule has 1 aromatic heterocycles. The van der Waals surface area contributed by atoms with Gasteiger partial charge in [0.05, 0.1) is 0 Å². The van der Waals surface area contributed by atoms with Crippen molar-refractivity contribution in [1.82, 2.24) is 10.3 Å². The Morgan fingerprint density at radius 2 is 1.90 bits per heavy atom. The minimum Gasteiger partial charge on any atom is -0.355 e. The third-order valence-electron chi connectivity index (χ3n) is 2.93. The monoisotopic (exact) mass is 273 g/mol. The summed E-state index contributed by atoms with van der Waals surface area (Å²) in [7, 11) is 0. The quantitative estimate of drug-likeness (QED) is 0.330. The number of aliphatic imine (C=N–C) groups is 1. The van der Waals surface area contributed by atoms with Crippen LogP contribution in [-0.4, -0.2) is 17.5 Å². The molecule has 0 saturated carbocycles. The number of aromatic nitrogens is 1. The fourth-order valence-corrected chi connectivity index (χ4v) is 1.85. The van der Waals surface area contributed by atoms with Crippen LogP contribution in [0.15, 0.2) is 29.5 Å². The second kappa shape index (κ2) is 10.8. The molecule has 0 aliphatic carbocycles. The molecular formula is C15H23N5. The van der Waals surface area contributed by atoms with Crippen LogP contribution in [0.2, 0.25) is 0 Å². The number of hydrogen-bond acceptors (Lipinski definition) is 3. The number of guanidine groups is 1. The van der Waals surface area contributed by atoms with Gasteiger partial charge in [-0.1, -0.05) is 39.0 Å². The predicted molar refractivity (Wildman–Crippen MR) is 82.3 cm³/mol. The zero-order valence-electron chi connectivity index (χ0n) is 12.1. The molecule has 0 unspecified atom stereocenters. The first-order valence-corrected chi connectivity index (χ1v) is 7.24. The predicted octanol–water partition coefficient (Wildman–Crippen LogP) is 3.28. The van der Waals surface area contributed by atoms with Crippen LogP contribution in [0.1, 0.15) is 45.4 Å². The van der Waals surface area contributed by atoms with Gasteiger partial charge in [-0.25, -0.2) is 0 Å². The summed E-state index contributed by atoms with van der Waals surface area (Å²) in [6.07, 6.45) is 12.7. The molecule has 0 aliphatic rings. The SMILES string of the molecule is CCCCCCCCN/C(=N\C#N)Nc1ccncc1. The highest BCUT2D eigenvalue weighted by molar-refractivity contribution is 5.94. The van der Waals surface area contributed by atoms with Crippen molar-refractivity contribution >= 4 is 11.6 Å². The molecule has 20 heavy (non-hydrogen) atoms. The number of nitriles is 1. The third-order valence-corrected chi connectivity index (χ3v) is 2.93. The fourth-order valence-electron chi connectivity index (χ4n) is 1.85. The van der Waals surface area contributed by atoms with E-state index in [-0.39, 0.29) is 0 Å². The lowest BCUT2D eigenvalue weighted by Gasteiger charge is -2.10. The second-order valence-corrected chi connectivity index (χ2v) is 4.62. The molecule has 0 fully saturated rings. The van der Waals surface area contributed by atoms with Crippen LogP contribution in [0.5, 0.6) is 0 Å². The van der Waals surface area contributed by atoms with E-state index in [1.165, 1.54) is 32.1 Å². The van der Waals surface area contributed by atoms with Crippen LogP contribution in [0.3, 0.4) is 0 Å². The molecule has 5 heteroatoms. The zero-order valence-corrected chi connectivity index (χ0v) is 12.1. The summed E-state index contributed by atoms with van der Waals surface area (Å²) in [5, 5.41) is 14.9. The maximum atomic E-state index is 8.68. The van der Waals surface area contributed by atoms with Gasteiger partial charge >= 0.3 is 0 Å². The van der Waals surface area contributed by atoms with E-state index >= 15 is 0 Å². The fraction of sp³-hybridized carbons (Fsp3) is 0.533. The van der Waals surface area contributed by atoms with Crippen molar-refractivity contribution in [2.24, 2.45) is 4.99 Å². The maximum absolute atomic E-state index is 8.68. The van der Waals surface area contributed by atoms with Gasteiger partial charge in [-0.3, -0.25) is 4.98 Å². The van der Waals surface area contributed by atoms with E-state index in [2.05, 4.69) is 27.5 Å². The first kappa shape index (κ1) is 16.0. The lowest BCUT2D eigenvalue weighted by Crippen LogP contribution is -2.31. The Bertz CT molecular complexity index is 422. The number of unbranched alkanes of at least 4 members (excludes halogenated alkanes) is 5. The van der Waals surface area contributed by atoms with Gasteiger partial charge in [0.1, 0.15) is 0 Å². The Balaban J connectivity index is 2.24. The molecule has 1 aromatic rings. The van der Waals surface area contributed by atoms with Crippen molar-refractivity contribution in [2.75, 3.05) is 11.9 Å². The Morgan fingerprint density at radius 1 is 1.20 bits per heavy atom. The van der Waals surface area contributed by atoms with Gasteiger partial charge in [0.2, 0.25) is 12.2 Å². The molecule has 0 bridgehead atoms. The molecule has 1 heterocycles. The Kier molecular flexibility index (Phi) is 8.62. The summed E-state index contributed by atoms with van der Waals surface area (Å²) in [5.41, 5.74) is 0.865. The summed E-state index contributed by atoms with van der Waals surface area (Å²) in [5.74, 6) is 0.493. The van der Waals surface area contributed by atoms with E-state index in [1.54, 1.807) is 18.6 Å². The van der Waals surface area contributed by atoms with Gasteiger partial charge in [-0.05, 0) is 18.6 Å². The molecule has 2 N–H and O–H groups in total. The van der Waals surface area contributed by atoms with Crippen molar-refractivity contribution in [2.45, 2.75) is 45.4 Å². The van der Waals surface area contributed by atoms with Crippen LogP contribution >= 0.6 is 0 Å². The van der Waals surface area contributed by atoms with Crippen LogP contribution < -0.4 is 10.6 Å². The smallest absolute Gasteiger partial charge is 0.211 e. The average molecular weight is 273 g/mol. The van der Waals surface area contributed by atoms with E-state index < -0.39 is 0 Å². The van der Waals surface area contributed by atoms with Gasteiger partial charge in [-0.2, -0.15) is 5.26 Å². The molecule has 5 nitrogen and oxygen atoms in total. The standard InChI is InChI=1S/C15H23N5/c1-2-3-4-5-6-7-10-18-15(19-13-16)20-14-8-11-17-12-9-14/h8-9,11-12H,2-7,10H2,1H3,(H2,17,18,19,20). The van der Waals surface area contributed by atoms with Crippen LogP contribution in [-0.2, 0) is 0 Å². The van der Waals surface area contributed by atoms with Gasteiger partial charge in [-0.15, -0.1) is 4.99 Å². The lowest BCUT2D eigenvalue weighted by atomic mass is 10.1. The molecule has 1 rings (SSSR count). The number of nitrogens with one attached hydrogen (secondary N) is 2. The minimum absolute atomic E-state index is 0.493. The molecular weight excluding hydrogens is 250 g/mol. The summed E-state index contributed by atoms with van der Waals surface area (Å²) in [6, 6.07) is 3.67. The molecule has 0 spiro atoms. The number of rotatable bonds is 8. The van der Waals surface area contributed by atoms with Gasteiger partial charge < -0.3 is 10.6 Å². The zero-order chi connectivity index (χ0) is 14.5. The molecule has 0 atom stereocenters. The average Bonchev–Trinajstić information content (AvgIpc) is 2.47. The van der Waals surface area contributed by atoms with Crippen molar-refractivity contribution in [1.29, 1.82) is 5.26 Å². The molecule has 0 radical (unpaired) electrons. The highest BCUT2D eigenvalue weighted by atomic mass is 15.2. The number of hydrogen-bond donors (Lipinski definition) is 2. The number of anilines is 1. The number of nitrogens with zero attached hydrogens (tertiary/aromatic N) is 3. The van der Waals surface area contributed by atoms with Crippen molar-refractivity contribution in [3.8, 4) is 6.19 Å². The van der Waals surface area contributed by atoms with Crippen LogP contribution in [0, 0.1) is 11.5 Å². The molecule has 0 aliphatic heterocycles. The highest BCUT2D eigenvalue weighted by Crippen LogP contribution is 2.05. The van der Waals surface area contributed by atoms with Crippen molar-refractivity contribution in [3.05, 3.63) is 24.5 Å². The van der Waals surface area contributed by atoms with E-state index in [1.807, 2.05) is 12.1 Å². The van der Waals surface area contributed by atoms with Crippen molar-refractivity contribution in [3.63, 3.8) is 0 Å². The lowest BCUT2D eigenvalue weighted by molar-refractivity contribution is 0.602. The Morgan fingerprint density at radius 3 is 2.60 bits per heavy atom. The molecule has 0 saturated heterocycles. The highest BCUT2D eigenvalue weighted by Gasteiger charge is 1.99. The van der Waals surface area contributed by atoms with E-state index in [9.17, 15) is 0 Å².